The van der Waals surface area contributed by atoms with Gasteiger partial charge in [-0.1, -0.05) is 13.3 Å². The van der Waals surface area contributed by atoms with Gasteiger partial charge in [0.2, 0.25) is 5.91 Å². The molecule has 1 aliphatic heterocycles. The summed E-state index contributed by atoms with van der Waals surface area (Å²) in [5.41, 5.74) is 1.02. The monoisotopic (exact) mass is 329 g/mol. The first kappa shape index (κ1) is 16.7. The number of nitrogens with zero attached hydrogens (tertiary/aromatic N) is 5. The smallest absolute Gasteiger partial charge is 0.244 e. The van der Waals surface area contributed by atoms with E-state index in [9.17, 15) is 4.79 Å². The maximum Gasteiger partial charge on any atom is 0.244 e. The van der Waals surface area contributed by atoms with E-state index in [-0.39, 0.29) is 5.91 Å². The molecule has 24 heavy (non-hydrogen) atoms. The third kappa shape index (κ3) is 3.68. The Hall–Kier alpha value is -2.11. The number of hydrogen-bond acceptors (Lipinski definition) is 3. The summed E-state index contributed by atoms with van der Waals surface area (Å²) < 4.78 is 4.04. The molecule has 0 N–H and O–H groups in total. The minimum absolute atomic E-state index is 0.151. The van der Waals surface area contributed by atoms with E-state index in [1.54, 1.807) is 10.9 Å². The van der Waals surface area contributed by atoms with Crippen molar-refractivity contribution in [3.8, 4) is 0 Å². The molecule has 3 heterocycles. The van der Waals surface area contributed by atoms with Crippen molar-refractivity contribution in [3.05, 3.63) is 36.2 Å². The van der Waals surface area contributed by atoms with Gasteiger partial charge in [0.15, 0.2) is 0 Å². The molecule has 1 atom stereocenters. The molecular formula is C18H27N5O. The maximum atomic E-state index is 12.6. The highest BCUT2D eigenvalue weighted by Crippen LogP contribution is 2.26. The predicted octanol–water partition coefficient (Wildman–Crippen LogP) is 2.59. The number of likely N-dealkylation sites (tertiary alicyclic amines) is 1. The maximum absolute atomic E-state index is 12.6. The van der Waals surface area contributed by atoms with Crippen LogP contribution in [0, 0.1) is 6.92 Å². The Morgan fingerprint density at radius 1 is 1.38 bits per heavy atom. The van der Waals surface area contributed by atoms with Crippen molar-refractivity contribution in [2.75, 3.05) is 13.1 Å². The second kappa shape index (κ2) is 7.64. The number of unbranched alkanes of at least 4 members (excludes halogenated alkanes) is 1. The summed E-state index contributed by atoms with van der Waals surface area (Å²) in [5, 5.41) is 4.22. The van der Waals surface area contributed by atoms with Crippen LogP contribution in [0.5, 0.6) is 0 Å². The summed E-state index contributed by atoms with van der Waals surface area (Å²) in [4.78, 5) is 19.2. The fraction of sp³-hybridized carbons (Fsp3) is 0.611. The van der Waals surface area contributed by atoms with E-state index in [0.717, 1.165) is 50.4 Å². The number of hydrogen-bond donors (Lipinski definition) is 0. The van der Waals surface area contributed by atoms with Crippen LogP contribution in [0.25, 0.3) is 0 Å². The van der Waals surface area contributed by atoms with Crippen molar-refractivity contribution in [1.29, 1.82) is 0 Å². The van der Waals surface area contributed by atoms with E-state index in [4.69, 9.17) is 0 Å². The number of piperidine rings is 1. The van der Waals surface area contributed by atoms with Gasteiger partial charge in [0.05, 0.1) is 0 Å². The van der Waals surface area contributed by atoms with E-state index in [0.29, 0.717) is 12.5 Å². The lowest BCUT2D eigenvalue weighted by Crippen LogP contribution is -2.41. The molecule has 2 aromatic rings. The summed E-state index contributed by atoms with van der Waals surface area (Å²) in [6.45, 7) is 7.13. The summed E-state index contributed by atoms with van der Waals surface area (Å²) in [6, 6.07) is 1.93. The Bertz CT molecular complexity index is 675. The highest BCUT2D eigenvalue weighted by atomic mass is 16.2. The van der Waals surface area contributed by atoms with Crippen LogP contribution in [0.15, 0.2) is 24.7 Å². The van der Waals surface area contributed by atoms with Crippen LogP contribution in [0.1, 0.15) is 50.0 Å². The van der Waals surface area contributed by atoms with Gasteiger partial charge in [-0.15, -0.1) is 0 Å². The van der Waals surface area contributed by atoms with Crippen molar-refractivity contribution >= 4 is 5.91 Å². The molecule has 6 heteroatoms. The number of amides is 1. The molecule has 0 spiro atoms. The van der Waals surface area contributed by atoms with Crippen molar-refractivity contribution in [1.82, 2.24) is 24.2 Å². The molecule has 130 valence electrons. The van der Waals surface area contributed by atoms with Crippen LogP contribution in [-0.4, -0.2) is 43.2 Å². The van der Waals surface area contributed by atoms with Crippen molar-refractivity contribution in [2.24, 2.45) is 0 Å². The van der Waals surface area contributed by atoms with Gasteiger partial charge >= 0.3 is 0 Å². The Labute approximate surface area is 143 Å². The van der Waals surface area contributed by atoms with Gasteiger partial charge in [0, 0.05) is 49.8 Å². The van der Waals surface area contributed by atoms with Gasteiger partial charge in [-0.25, -0.2) is 4.98 Å². The first-order valence-electron chi connectivity index (χ1n) is 8.96. The molecule has 0 unspecified atom stereocenters. The highest BCUT2D eigenvalue weighted by molar-refractivity contribution is 5.76. The highest BCUT2D eigenvalue weighted by Gasteiger charge is 2.27. The Morgan fingerprint density at radius 2 is 2.25 bits per heavy atom. The first-order chi connectivity index (χ1) is 11.7. The van der Waals surface area contributed by atoms with Crippen LogP contribution in [0.4, 0.5) is 0 Å². The Morgan fingerprint density at radius 3 is 3.00 bits per heavy atom. The van der Waals surface area contributed by atoms with E-state index in [2.05, 4.69) is 27.8 Å². The molecule has 1 saturated heterocycles. The zero-order valence-electron chi connectivity index (χ0n) is 14.7. The average Bonchev–Trinajstić information content (AvgIpc) is 3.22. The quantitative estimate of drug-likeness (QED) is 0.818. The fourth-order valence-electron chi connectivity index (χ4n) is 3.41. The molecule has 0 aromatic carbocycles. The lowest BCUT2D eigenvalue weighted by Gasteiger charge is -2.32. The summed E-state index contributed by atoms with van der Waals surface area (Å²) in [7, 11) is 0. The van der Waals surface area contributed by atoms with Crippen LogP contribution in [-0.2, 0) is 17.9 Å². The minimum atomic E-state index is 0.151. The predicted molar refractivity (Wildman–Crippen MR) is 92.7 cm³/mol. The number of aryl methyl sites for hydroxylation is 2. The van der Waals surface area contributed by atoms with Crippen LogP contribution in [0.2, 0.25) is 0 Å². The van der Waals surface area contributed by atoms with Crippen LogP contribution < -0.4 is 0 Å². The number of rotatable bonds is 6. The summed E-state index contributed by atoms with van der Waals surface area (Å²) >= 11 is 0. The van der Waals surface area contributed by atoms with Gasteiger partial charge in [0.25, 0.3) is 0 Å². The van der Waals surface area contributed by atoms with E-state index < -0.39 is 0 Å². The third-order valence-electron chi connectivity index (χ3n) is 4.85. The first-order valence-corrected chi connectivity index (χ1v) is 8.96. The minimum Gasteiger partial charge on any atom is -0.340 e. The Kier molecular flexibility index (Phi) is 5.33. The third-order valence-corrected chi connectivity index (χ3v) is 4.85. The lowest BCUT2D eigenvalue weighted by molar-refractivity contribution is -0.133. The molecule has 1 fully saturated rings. The standard InChI is InChI=1S/C18H27N5O/c1-3-4-10-21-12-9-19-18(21)16-6-5-11-22(13-16)17(24)14-23-15(2)7-8-20-23/h7-9,12,16H,3-6,10-11,13-14H2,1-2H3/t16-/m1/s1. The fourth-order valence-corrected chi connectivity index (χ4v) is 3.41. The van der Waals surface area contributed by atoms with E-state index in [1.807, 2.05) is 24.1 Å². The topological polar surface area (TPSA) is 56.0 Å². The summed E-state index contributed by atoms with van der Waals surface area (Å²) in [5.74, 6) is 1.63. The number of carbonyl (C=O) groups excluding carboxylic acids is 1. The molecule has 0 radical (unpaired) electrons. The molecular weight excluding hydrogens is 302 g/mol. The zero-order chi connectivity index (χ0) is 16.9. The van der Waals surface area contributed by atoms with Crippen molar-refractivity contribution in [3.63, 3.8) is 0 Å². The van der Waals surface area contributed by atoms with Crippen molar-refractivity contribution in [2.45, 2.75) is 58.5 Å². The Balaban J connectivity index is 1.65. The lowest BCUT2D eigenvalue weighted by atomic mass is 9.97. The van der Waals surface area contributed by atoms with Crippen LogP contribution in [0.3, 0.4) is 0 Å². The molecule has 3 rings (SSSR count). The van der Waals surface area contributed by atoms with Gasteiger partial charge in [-0.2, -0.15) is 5.10 Å². The molecule has 1 amide bonds. The molecule has 1 aliphatic rings. The van der Waals surface area contributed by atoms with Crippen LogP contribution >= 0.6 is 0 Å². The molecule has 6 nitrogen and oxygen atoms in total. The van der Waals surface area contributed by atoms with Gasteiger partial charge in [0.1, 0.15) is 12.4 Å². The van der Waals surface area contributed by atoms with E-state index in [1.165, 1.54) is 6.42 Å². The number of aromatic nitrogens is 4. The number of carbonyl (C=O) groups is 1. The second-order valence-electron chi connectivity index (χ2n) is 6.64. The molecule has 0 bridgehead atoms. The number of imidazole rings is 1. The molecule has 0 saturated carbocycles. The SMILES string of the molecule is CCCCn1ccnc1[C@@H]1CCCN(C(=O)Cn2nccc2C)C1. The van der Waals surface area contributed by atoms with Gasteiger partial charge in [-0.05, 0) is 32.3 Å². The zero-order valence-corrected chi connectivity index (χ0v) is 14.7. The molecule has 2 aromatic heterocycles. The van der Waals surface area contributed by atoms with Gasteiger partial charge in [-0.3, -0.25) is 9.48 Å². The largest absolute Gasteiger partial charge is 0.340 e. The summed E-state index contributed by atoms with van der Waals surface area (Å²) in [6.07, 6.45) is 10.2. The van der Waals surface area contributed by atoms with Crippen molar-refractivity contribution < 1.29 is 4.79 Å². The second-order valence-corrected chi connectivity index (χ2v) is 6.64. The average molecular weight is 329 g/mol. The molecule has 0 aliphatic carbocycles. The normalized spacial score (nSPS) is 18.1. The van der Waals surface area contributed by atoms with Gasteiger partial charge < -0.3 is 9.47 Å². The van der Waals surface area contributed by atoms with E-state index >= 15 is 0 Å².